The van der Waals surface area contributed by atoms with Crippen molar-refractivity contribution < 1.29 is 9.13 Å². The van der Waals surface area contributed by atoms with Crippen LogP contribution < -0.4 is 10.1 Å². The molecule has 106 valence electrons. The van der Waals surface area contributed by atoms with Crippen molar-refractivity contribution in [2.45, 2.75) is 57.6 Å². The highest BCUT2D eigenvalue weighted by Gasteiger charge is 2.16. The molecule has 1 saturated carbocycles. The van der Waals surface area contributed by atoms with Crippen molar-refractivity contribution >= 4 is 0 Å². The maximum atomic E-state index is 14.1. The molecule has 19 heavy (non-hydrogen) atoms. The highest BCUT2D eigenvalue weighted by Crippen LogP contribution is 2.26. The monoisotopic (exact) mass is 265 g/mol. The van der Waals surface area contributed by atoms with E-state index in [1.54, 1.807) is 12.1 Å². The van der Waals surface area contributed by atoms with Gasteiger partial charge in [0.15, 0.2) is 11.6 Å². The Morgan fingerprint density at radius 2 is 1.89 bits per heavy atom. The molecule has 1 aliphatic rings. The molecule has 0 aliphatic heterocycles. The number of ether oxygens (including phenoxy) is 1. The van der Waals surface area contributed by atoms with Crippen molar-refractivity contribution in [2.75, 3.05) is 7.05 Å². The molecule has 1 fully saturated rings. The maximum Gasteiger partial charge on any atom is 0.165 e. The Bertz CT molecular complexity index is 400. The molecule has 1 atom stereocenters. The summed E-state index contributed by atoms with van der Waals surface area (Å²) in [5.41, 5.74) is 0.952. The Hall–Kier alpha value is -1.09. The minimum atomic E-state index is -0.246. The number of benzene rings is 1. The van der Waals surface area contributed by atoms with E-state index in [1.807, 2.05) is 20.0 Å². The summed E-state index contributed by atoms with van der Waals surface area (Å²) in [5.74, 6) is 0.155. The third kappa shape index (κ3) is 3.93. The van der Waals surface area contributed by atoms with Gasteiger partial charge in [0.2, 0.25) is 0 Å². The lowest BCUT2D eigenvalue weighted by molar-refractivity contribution is 0.176. The standard InChI is InChI=1S/C16H24FNO/c1-12(18-2)13-9-10-16(15(17)11-13)19-14-7-5-3-4-6-8-14/h9-12,14,18H,3-8H2,1-2H3. The highest BCUT2D eigenvalue weighted by atomic mass is 19.1. The number of nitrogens with one attached hydrogen (secondary N) is 1. The summed E-state index contributed by atoms with van der Waals surface area (Å²) in [5, 5.41) is 3.11. The third-order valence-corrected chi connectivity index (χ3v) is 3.98. The van der Waals surface area contributed by atoms with Gasteiger partial charge in [-0.3, -0.25) is 0 Å². The van der Waals surface area contributed by atoms with Crippen molar-refractivity contribution in [3.05, 3.63) is 29.6 Å². The average Bonchev–Trinajstić information content (AvgIpc) is 2.68. The van der Waals surface area contributed by atoms with Gasteiger partial charge >= 0.3 is 0 Å². The van der Waals surface area contributed by atoms with Gasteiger partial charge in [-0.1, -0.05) is 18.9 Å². The molecule has 1 aliphatic carbocycles. The molecule has 2 rings (SSSR count). The molecule has 0 amide bonds. The summed E-state index contributed by atoms with van der Waals surface area (Å²) < 4.78 is 19.9. The fraction of sp³-hybridized carbons (Fsp3) is 0.625. The molecule has 2 nitrogen and oxygen atoms in total. The molecule has 0 spiro atoms. The van der Waals surface area contributed by atoms with E-state index in [9.17, 15) is 4.39 Å². The summed E-state index contributed by atoms with van der Waals surface area (Å²) >= 11 is 0. The lowest BCUT2D eigenvalue weighted by Crippen LogP contribution is -2.16. The smallest absolute Gasteiger partial charge is 0.165 e. The maximum absolute atomic E-state index is 14.1. The predicted molar refractivity (Wildman–Crippen MR) is 76.0 cm³/mol. The average molecular weight is 265 g/mol. The van der Waals surface area contributed by atoms with E-state index in [0.29, 0.717) is 5.75 Å². The Morgan fingerprint density at radius 1 is 1.21 bits per heavy atom. The van der Waals surface area contributed by atoms with Crippen LogP contribution in [-0.2, 0) is 0 Å². The largest absolute Gasteiger partial charge is 0.487 e. The van der Waals surface area contributed by atoms with Gasteiger partial charge in [-0.05, 0) is 57.4 Å². The fourth-order valence-electron chi connectivity index (χ4n) is 2.59. The number of rotatable bonds is 4. The van der Waals surface area contributed by atoms with Crippen LogP contribution in [0, 0.1) is 5.82 Å². The third-order valence-electron chi connectivity index (χ3n) is 3.98. The SMILES string of the molecule is CNC(C)c1ccc(OC2CCCCCC2)c(F)c1. The molecule has 1 N–H and O–H groups in total. The quantitative estimate of drug-likeness (QED) is 0.823. The first-order chi connectivity index (χ1) is 9.20. The van der Waals surface area contributed by atoms with Gasteiger partial charge in [0.05, 0.1) is 6.10 Å². The minimum absolute atomic E-state index is 0.154. The zero-order valence-electron chi connectivity index (χ0n) is 11.9. The molecule has 0 bridgehead atoms. The fourth-order valence-corrected chi connectivity index (χ4v) is 2.59. The second-order valence-corrected chi connectivity index (χ2v) is 5.43. The van der Waals surface area contributed by atoms with E-state index in [0.717, 1.165) is 18.4 Å². The zero-order valence-corrected chi connectivity index (χ0v) is 11.9. The van der Waals surface area contributed by atoms with Crippen LogP contribution in [-0.4, -0.2) is 13.2 Å². The molecular weight excluding hydrogens is 241 g/mol. The van der Waals surface area contributed by atoms with Crippen LogP contribution in [0.5, 0.6) is 5.75 Å². The van der Waals surface area contributed by atoms with Crippen LogP contribution in [0.2, 0.25) is 0 Å². The van der Waals surface area contributed by atoms with Crippen LogP contribution in [0.15, 0.2) is 18.2 Å². The number of halogens is 1. The van der Waals surface area contributed by atoms with E-state index in [1.165, 1.54) is 25.7 Å². The summed E-state index contributed by atoms with van der Waals surface area (Å²) in [6.45, 7) is 2.01. The summed E-state index contributed by atoms with van der Waals surface area (Å²) in [6, 6.07) is 5.44. The van der Waals surface area contributed by atoms with E-state index < -0.39 is 0 Å². The second kappa shape index (κ2) is 6.90. The Morgan fingerprint density at radius 3 is 2.47 bits per heavy atom. The van der Waals surface area contributed by atoms with Crippen LogP contribution in [0.1, 0.15) is 57.1 Å². The van der Waals surface area contributed by atoms with Crippen molar-refractivity contribution in [1.29, 1.82) is 0 Å². The first-order valence-corrected chi connectivity index (χ1v) is 7.34. The van der Waals surface area contributed by atoms with Gasteiger partial charge < -0.3 is 10.1 Å². The lowest BCUT2D eigenvalue weighted by Gasteiger charge is -2.18. The second-order valence-electron chi connectivity index (χ2n) is 5.43. The van der Waals surface area contributed by atoms with E-state index >= 15 is 0 Å². The Labute approximate surface area is 115 Å². The first kappa shape index (κ1) is 14.3. The molecule has 3 heteroatoms. The predicted octanol–water partition coefficient (Wildman–Crippen LogP) is 4.21. The van der Waals surface area contributed by atoms with Crippen LogP contribution in [0.3, 0.4) is 0 Å². The molecule has 0 aromatic heterocycles. The van der Waals surface area contributed by atoms with Gasteiger partial charge in [0.1, 0.15) is 0 Å². The molecular formula is C16H24FNO. The van der Waals surface area contributed by atoms with Crippen molar-refractivity contribution in [2.24, 2.45) is 0 Å². The molecule has 1 aromatic carbocycles. The van der Waals surface area contributed by atoms with Crippen LogP contribution in [0.4, 0.5) is 4.39 Å². The normalized spacial score (nSPS) is 18.9. The summed E-state index contributed by atoms with van der Waals surface area (Å²) in [6.07, 6.45) is 7.23. The first-order valence-electron chi connectivity index (χ1n) is 7.34. The van der Waals surface area contributed by atoms with Crippen molar-refractivity contribution in [3.63, 3.8) is 0 Å². The van der Waals surface area contributed by atoms with E-state index in [2.05, 4.69) is 5.32 Å². The number of hydrogen-bond donors (Lipinski definition) is 1. The molecule has 0 heterocycles. The number of hydrogen-bond acceptors (Lipinski definition) is 2. The van der Waals surface area contributed by atoms with Gasteiger partial charge in [0.25, 0.3) is 0 Å². The molecule has 1 aromatic rings. The summed E-state index contributed by atoms with van der Waals surface area (Å²) in [7, 11) is 1.87. The van der Waals surface area contributed by atoms with E-state index in [4.69, 9.17) is 4.74 Å². The van der Waals surface area contributed by atoms with Gasteiger partial charge in [-0.2, -0.15) is 0 Å². The molecule has 1 unspecified atom stereocenters. The zero-order chi connectivity index (χ0) is 13.7. The minimum Gasteiger partial charge on any atom is -0.487 e. The van der Waals surface area contributed by atoms with Gasteiger partial charge in [-0.25, -0.2) is 4.39 Å². The van der Waals surface area contributed by atoms with Crippen LogP contribution in [0.25, 0.3) is 0 Å². The Balaban J connectivity index is 2.03. The summed E-state index contributed by atoms with van der Waals surface area (Å²) in [4.78, 5) is 0. The highest BCUT2D eigenvalue weighted by molar-refractivity contribution is 5.31. The van der Waals surface area contributed by atoms with Crippen LogP contribution >= 0.6 is 0 Å². The molecule has 0 saturated heterocycles. The Kier molecular flexibility index (Phi) is 5.20. The molecule has 0 radical (unpaired) electrons. The van der Waals surface area contributed by atoms with Gasteiger partial charge in [0, 0.05) is 6.04 Å². The van der Waals surface area contributed by atoms with Crippen molar-refractivity contribution in [3.8, 4) is 5.75 Å². The topological polar surface area (TPSA) is 21.3 Å². The lowest BCUT2D eigenvalue weighted by atomic mass is 10.1. The van der Waals surface area contributed by atoms with Gasteiger partial charge in [-0.15, -0.1) is 0 Å². The van der Waals surface area contributed by atoms with Crippen molar-refractivity contribution in [1.82, 2.24) is 5.32 Å². The van der Waals surface area contributed by atoms with E-state index in [-0.39, 0.29) is 18.0 Å².